The number of aliphatic hydroxyl groups is 1. The van der Waals surface area contributed by atoms with Crippen LogP contribution < -0.4 is 5.32 Å². The minimum absolute atomic E-state index is 0.218. The summed E-state index contributed by atoms with van der Waals surface area (Å²) < 4.78 is 5.46. The molecule has 0 saturated carbocycles. The molecule has 0 bridgehead atoms. The van der Waals surface area contributed by atoms with Crippen LogP contribution >= 0.6 is 0 Å². The molecule has 5 heteroatoms. The summed E-state index contributed by atoms with van der Waals surface area (Å²) in [6, 6.07) is 0. The number of rotatable bonds is 2. The van der Waals surface area contributed by atoms with Crippen molar-refractivity contribution in [3.8, 4) is 0 Å². The first-order chi connectivity index (χ1) is 9.77. The zero-order chi connectivity index (χ0) is 15.5. The van der Waals surface area contributed by atoms with E-state index in [4.69, 9.17) is 4.74 Å². The van der Waals surface area contributed by atoms with E-state index < -0.39 is 11.2 Å². The highest BCUT2D eigenvalue weighted by Gasteiger charge is 2.35. The smallest absolute Gasteiger partial charge is 0.410 e. The largest absolute Gasteiger partial charge is 0.444 e. The van der Waals surface area contributed by atoms with Crippen LogP contribution in [0.1, 0.15) is 52.9 Å². The summed E-state index contributed by atoms with van der Waals surface area (Å²) in [5.41, 5.74) is -0.996. The second kappa shape index (κ2) is 6.53. The predicted molar refractivity (Wildman–Crippen MR) is 82.2 cm³/mol. The molecule has 2 saturated heterocycles. The summed E-state index contributed by atoms with van der Waals surface area (Å²) in [6.45, 7) is 8.94. The molecule has 0 aliphatic carbocycles. The minimum Gasteiger partial charge on any atom is -0.444 e. The van der Waals surface area contributed by atoms with Crippen molar-refractivity contribution in [1.82, 2.24) is 10.2 Å². The van der Waals surface area contributed by atoms with Crippen LogP contribution in [0, 0.1) is 5.92 Å². The lowest BCUT2D eigenvalue weighted by Gasteiger charge is -2.39. The minimum atomic E-state index is -0.549. The third kappa shape index (κ3) is 5.15. The van der Waals surface area contributed by atoms with Crippen LogP contribution in [0.3, 0.4) is 0 Å². The van der Waals surface area contributed by atoms with Gasteiger partial charge in [-0.05, 0) is 71.9 Å². The van der Waals surface area contributed by atoms with Crippen molar-refractivity contribution >= 4 is 6.09 Å². The van der Waals surface area contributed by atoms with E-state index in [9.17, 15) is 9.90 Å². The Morgan fingerprint density at radius 2 is 2.05 bits per heavy atom. The molecule has 2 heterocycles. The Kier molecular flexibility index (Phi) is 5.15. The molecule has 122 valence electrons. The first-order valence-corrected chi connectivity index (χ1v) is 8.18. The SMILES string of the molecule is CC(C)(C)OC(=O)N1CCCC(CC2(O)CCNCC2)C1. The van der Waals surface area contributed by atoms with Crippen molar-refractivity contribution in [3.63, 3.8) is 0 Å². The van der Waals surface area contributed by atoms with Crippen LogP contribution in [0.5, 0.6) is 0 Å². The number of carbonyl (C=O) groups is 1. The summed E-state index contributed by atoms with van der Waals surface area (Å²) in [5, 5.41) is 13.9. The van der Waals surface area contributed by atoms with Crippen LogP contribution in [-0.2, 0) is 4.74 Å². The maximum atomic E-state index is 12.2. The van der Waals surface area contributed by atoms with Gasteiger partial charge in [-0.15, -0.1) is 0 Å². The van der Waals surface area contributed by atoms with E-state index in [-0.39, 0.29) is 6.09 Å². The first kappa shape index (κ1) is 16.6. The van der Waals surface area contributed by atoms with E-state index in [1.165, 1.54) is 0 Å². The number of nitrogens with zero attached hydrogens (tertiary/aromatic N) is 1. The molecular weight excluding hydrogens is 268 g/mol. The molecule has 2 aliphatic rings. The monoisotopic (exact) mass is 298 g/mol. The molecule has 2 rings (SSSR count). The summed E-state index contributed by atoms with van der Waals surface area (Å²) in [4.78, 5) is 14.0. The van der Waals surface area contributed by atoms with Crippen molar-refractivity contribution in [2.45, 2.75) is 64.1 Å². The Hall–Kier alpha value is -0.810. The molecule has 0 radical (unpaired) electrons. The summed E-state index contributed by atoms with van der Waals surface area (Å²) >= 11 is 0. The molecule has 0 aromatic heterocycles. The molecule has 0 aromatic carbocycles. The highest BCUT2D eigenvalue weighted by molar-refractivity contribution is 5.68. The Labute approximate surface area is 128 Å². The van der Waals surface area contributed by atoms with Gasteiger partial charge in [0.15, 0.2) is 0 Å². The van der Waals surface area contributed by atoms with E-state index in [1.807, 2.05) is 25.7 Å². The van der Waals surface area contributed by atoms with Gasteiger partial charge in [-0.2, -0.15) is 0 Å². The Balaban J connectivity index is 1.87. The fourth-order valence-corrected chi connectivity index (χ4v) is 3.36. The van der Waals surface area contributed by atoms with Crippen molar-refractivity contribution in [2.75, 3.05) is 26.2 Å². The Morgan fingerprint density at radius 1 is 1.38 bits per heavy atom. The molecule has 0 spiro atoms. The number of carbonyl (C=O) groups excluding carboxylic acids is 1. The molecule has 2 aliphatic heterocycles. The fraction of sp³-hybridized carbons (Fsp3) is 0.938. The van der Waals surface area contributed by atoms with Crippen molar-refractivity contribution in [1.29, 1.82) is 0 Å². The fourth-order valence-electron chi connectivity index (χ4n) is 3.36. The maximum absolute atomic E-state index is 12.2. The van der Waals surface area contributed by atoms with Gasteiger partial charge in [-0.3, -0.25) is 0 Å². The Morgan fingerprint density at radius 3 is 2.67 bits per heavy atom. The lowest BCUT2D eigenvalue weighted by atomic mass is 9.80. The standard InChI is InChI=1S/C16H30N2O3/c1-15(2,3)21-14(19)18-10-4-5-13(12-18)11-16(20)6-8-17-9-7-16/h13,17,20H,4-12H2,1-3H3. The number of ether oxygens (including phenoxy) is 1. The van der Waals surface area contributed by atoms with Crippen LogP contribution in [0.4, 0.5) is 4.79 Å². The second-order valence-corrected chi connectivity index (χ2v) is 7.61. The third-order valence-corrected chi connectivity index (χ3v) is 4.37. The number of amides is 1. The van der Waals surface area contributed by atoms with Gasteiger partial charge in [0.1, 0.15) is 5.60 Å². The molecule has 2 N–H and O–H groups in total. The molecule has 2 fully saturated rings. The van der Waals surface area contributed by atoms with E-state index in [2.05, 4.69) is 5.32 Å². The van der Waals surface area contributed by atoms with Crippen LogP contribution in [-0.4, -0.2) is 53.5 Å². The maximum Gasteiger partial charge on any atom is 0.410 e. The van der Waals surface area contributed by atoms with E-state index in [0.717, 1.165) is 51.7 Å². The average Bonchev–Trinajstić information content (AvgIpc) is 2.37. The highest BCUT2D eigenvalue weighted by Crippen LogP contribution is 2.31. The van der Waals surface area contributed by atoms with Gasteiger partial charge < -0.3 is 20.1 Å². The number of hydrogen-bond donors (Lipinski definition) is 2. The number of hydrogen-bond acceptors (Lipinski definition) is 4. The Bertz CT molecular complexity index is 359. The van der Waals surface area contributed by atoms with Crippen molar-refractivity contribution in [3.05, 3.63) is 0 Å². The molecular formula is C16H30N2O3. The van der Waals surface area contributed by atoms with Crippen LogP contribution in [0.25, 0.3) is 0 Å². The van der Waals surface area contributed by atoms with Gasteiger partial charge in [0.05, 0.1) is 5.60 Å². The second-order valence-electron chi connectivity index (χ2n) is 7.61. The molecule has 0 aromatic rings. The first-order valence-electron chi connectivity index (χ1n) is 8.18. The normalized spacial score (nSPS) is 26.5. The molecule has 1 amide bonds. The zero-order valence-corrected chi connectivity index (χ0v) is 13.7. The van der Waals surface area contributed by atoms with Crippen LogP contribution in [0.15, 0.2) is 0 Å². The number of piperidine rings is 2. The third-order valence-electron chi connectivity index (χ3n) is 4.37. The van der Waals surface area contributed by atoms with Gasteiger partial charge in [0, 0.05) is 13.1 Å². The van der Waals surface area contributed by atoms with Gasteiger partial charge in [0.2, 0.25) is 0 Å². The number of likely N-dealkylation sites (tertiary alicyclic amines) is 1. The lowest BCUT2D eigenvalue weighted by Crippen LogP contribution is -2.47. The molecule has 1 atom stereocenters. The predicted octanol–water partition coefficient (Wildman–Crippen LogP) is 2.14. The quantitative estimate of drug-likeness (QED) is 0.820. The number of nitrogens with one attached hydrogen (secondary N) is 1. The topological polar surface area (TPSA) is 61.8 Å². The van der Waals surface area contributed by atoms with Crippen LogP contribution in [0.2, 0.25) is 0 Å². The van der Waals surface area contributed by atoms with Gasteiger partial charge in [-0.1, -0.05) is 0 Å². The molecule has 5 nitrogen and oxygen atoms in total. The highest BCUT2D eigenvalue weighted by atomic mass is 16.6. The molecule has 1 unspecified atom stereocenters. The zero-order valence-electron chi connectivity index (χ0n) is 13.7. The van der Waals surface area contributed by atoms with Crippen molar-refractivity contribution in [2.24, 2.45) is 5.92 Å². The van der Waals surface area contributed by atoms with E-state index in [1.54, 1.807) is 0 Å². The summed E-state index contributed by atoms with van der Waals surface area (Å²) in [6.07, 6.45) is 4.30. The lowest BCUT2D eigenvalue weighted by molar-refractivity contribution is -0.0266. The van der Waals surface area contributed by atoms with Gasteiger partial charge in [-0.25, -0.2) is 4.79 Å². The average molecular weight is 298 g/mol. The van der Waals surface area contributed by atoms with Gasteiger partial charge >= 0.3 is 6.09 Å². The van der Waals surface area contributed by atoms with E-state index in [0.29, 0.717) is 12.5 Å². The van der Waals surface area contributed by atoms with Gasteiger partial charge in [0.25, 0.3) is 0 Å². The summed E-state index contributed by atoms with van der Waals surface area (Å²) in [7, 11) is 0. The summed E-state index contributed by atoms with van der Waals surface area (Å²) in [5.74, 6) is 0.384. The molecule has 21 heavy (non-hydrogen) atoms. The van der Waals surface area contributed by atoms with E-state index >= 15 is 0 Å². The van der Waals surface area contributed by atoms with Crippen molar-refractivity contribution < 1.29 is 14.6 Å².